The minimum atomic E-state index is -0.265. The monoisotopic (exact) mass is 407 g/mol. The smallest absolute Gasteiger partial charge is 0.241 e. The fourth-order valence-electron chi connectivity index (χ4n) is 3.08. The summed E-state index contributed by atoms with van der Waals surface area (Å²) < 4.78 is 5.95. The molecule has 0 saturated carbocycles. The molecule has 1 N–H and O–H groups in total. The number of carbonyl (C=O) groups excluding carboxylic acids is 1. The van der Waals surface area contributed by atoms with Gasteiger partial charge in [0.1, 0.15) is 6.10 Å². The summed E-state index contributed by atoms with van der Waals surface area (Å²) in [5.74, 6) is 0.555. The van der Waals surface area contributed by atoms with Crippen LogP contribution in [0.5, 0.6) is 5.88 Å². The van der Waals surface area contributed by atoms with Crippen LogP contribution in [0.15, 0.2) is 36.5 Å². The van der Waals surface area contributed by atoms with Crippen molar-refractivity contribution in [3.63, 3.8) is 0 Å². The van der Waals surface area contributed by atoms with Crippen molar-refractivity contribution in [2.45, 2.75) is 38.8 Å². The number of aryl methyl sites for hydroxylation is 1. The van der Waals surface area contributed by atoms with E-state index < -0.39 is 0 Å². The fraction of sp³-hybridized carbons (Fsp3) is 0.400. The van der Waals surface area contributed by atoms with Gasteiger partial charge in [-0.25, -0.2) is 4.98 Å². The number of carbonyl (C=O) groups is 1. The van der Waals surface area contributed by atoms with Gasteiger partial charge in [-0.15, -0.1) is 0 Å². The summed E-state index contributed by atoms with van der Waals surface area (Å²) >= 11 is 12.2. The number of piperidine rings is 1. The molecule has 144 valence electrons. The zero-order valence-corrected chi connectivity index (χ0v) is 16.9. The number of hydrogen-bond donors (Lipinski definition) is 1. The standard InChI is InChI=1S/C20H23Cl2N3O2/c1-13-6-7-18(23-12-13)27-15-8-10-25(11-9-15)14(2)20(26)24-17-5-3-4-16(21)19(17)22/h3-7,12,14-15H,8-11H2,1-2H3,(H,24,26)/t14-/m1/s1. The van der Waals surface area contributed by atoms with E-state index in [4.69, 9.17) is 27.9 Å². The summed E-state index contributed by atoms with van der Waals surface area (Å²) in [4.78, 5) is 19.0. The van der Waals surface area contributed by atoms with Gasteiger partial charge in [0.25, 0.3) is 0 Å². The highest BCUT2D eigenvalue weighted by molar-refractivity contribution is 6.44. The Morgan fingerprint density at radius 3 is 2.67 bits per heavy atom. The number of likely N-dealkylation sites (tertiary alicyclic amines) is 1. The Kier molecular flexibility index (Phi) is 6.58. The molecule has 1 atom stereocenters. The first kappa shape index (κ1) is 19.9. The highest BCUT2D eigenvalue weighted by Crippen LogP contribution is 2.30. The number of amides is 1. The Labute approximate surface area is 169 Å². The Morgan fingerprint density at radius 2 is 2.00 bits per heavy atom. The maximum absolute atomic E-state index is 12.6. The van der Waals surface area contributed by atoms with E-state index in [2.05, 4.69) is 15.2 Å². The average molecular weight is 408 g/mol. The Morgan fingerprint density at radius 1 is 1.26 bits per heavy atom. The molecule has 0 spiro atoms. The molecule has 1 aromatic carbocycles. The van der Waals surface area contributed by atoms with Crippen molar-refractivity contribution in [3.05, 3.63) is 52.1 Å². The summed E-state index contributed by atoms with van der Waals surface area (Å²) in [7, 11) is 0. The molecule has 1 saturated heterocycles. The molecular formula is C20H23Cl2N3O2. The van der Waals surface area contributed by atoms with Crippen LogP contribution >= 0.6 is 23.2 Å². The number of aromatic nitrogens is 1. The second-order valence-corrected chi connectivity index (χ2v) is 7.58. The molecular weight excluding hydrogens is 385 g/mol. The van der Waals surface area contributed by atoms with Gasteiger partial charge in [-0.1, -0.05) is 35.3 Å². The average Bonchev–Trinajstić information content (AvgIpc) is 2.67. The van der Waals surface area contributed by atoms with Crippen molar-refractivity contribution < 1.29 is 9.53 Å². The fourth-order valence-corrected chi connectivity index (χ4v) is 3.43. The number of hydrogen-bond acceptors (Lipinski definition) is 4. The minimum absolute atomic E-state index is 0.0984. The van der Waals surface area contributed by atoms with E-state index in [0.29, 0.717) is 21.6 Å². The normalized spacial score (nSPS) is 16.7. The highest BCUT2D eigenvalue weighted by atomic mass is 35.5. The molecule has 1 amide bonds. The van der Waals surface area contributed by atoms with Crippen LogP contribution in [0.4, 0.5) is 5.69 Å². The third kappa shape index (κ3) is 5.12. The number of pyridine rings is 1. The van der Waals surface area contributed by atoms with Gasteiger partial charge in [0.15, 0.2) is 0 Å². The van der Waals surface area contributed by atoms with Crippen LogP contribution in [0, 0.1) is 6.92 Å². The van der Waals surface area contributed by atoms with Crippen molar-refractivity contribution in [2.24, 2.45) is 0 Å². The molecule has 7 heteroatoms. The molecule has 1 fully saturated rings. The Balaban J connectivity index is 1.51. The maximum Gasteiger partial charge on any atom is 0.241 e. The van der Waals surface area contributed by atoms with E-state index in [1.807, 2.05) is 26.0 Å². The highest BCUT2D eigenvalue weighted by Gasteiger charge is 2.28. The van der Waals surface area contributed by atoms with Crippen LogP contribution in [0.2, 0.25) is 10.0 Å². The van der Waals surface area contributed by atoms with Crippen LogP contribution < -0.4 is 10.1 Å². The number of nitrogens with one attached hydrogen (secondary N) is 1. The van der Waals surface area contributed by atoms with Gasteiger partial charge in [0.2, 0.25) is 11.8 Å². The van der Waals surface area contributed by atoms with E-state index in [0.717, 1.165) is 31.5 Å². The molecule has 0 unspecified atom stereocenters. The zero-order valence-electron chi connectivity index (χ0n) is 15.4. The maximum atomic E-state index is 12.6. The molecule has 0 aliphatic carbocycles. The van der Waals surface area contributed by atoms with Crippen LogP contribution in [0.3, 0.4) is 0 Å². The van der Waals surface area contributed by atoms with Crippen LogP contribution in [0.25, 0.3) is 0 Å². The minimum Gasteiger partial charge on any atom is -0.474 e. The van der Waals surface area contributed by atoms with Gasteiger partial charge < -0.3 is 10.1 Å². The Hall–Kier alpha value is -1.82. The molecule has 3 rings (SSSR count). The van der Waals surface area contributed by atoms with Gasteiger partial charge in [-0.3, -0.25) is 9.69 Å². The molecule has 2 heterocycles. The number of nitrogens with zero attached hydrogens (tertiary/aromatic N) is 2. The van der Waals surface area contributed by atoms with Crippen molar-refractivity contribution in [1.82, 2.24) is 9.88 Å². The van der Waals surface area contributed by atoms with Crippen molar-refractivity contribution >= 4 is 34.8 Å². The molecule has 1 aliphatic heterocycles. The van der Waals surface area contributed by atoms with Crippen molar-refractivity contribution in [3.8, 4) is 5.88 Å². The number of benzene rings is 1. The molecule has 0 radical (unpaired) electrons. The first-order chi connectivity index (χ1) is 12.9. The first-order valence-electron chi connectivity index (χ1n) is 9.02. The lowest BCUT2D eigenvalue weighted by Gasteiger charge is -2.35. The number of anilines is 1. The molecule has 5 nitrogen and oxygen atoms in total. The van der Waals surface area contributed by atoms with Crippen LogP contribution in [-0.4, -0.2) is 41.0 Å². The van der Waals surface area contributed by atoms with Gasteiger partial charge in [-0.05, 0) is 44.4 Å². The van der Waals surface area contributed by atoms with Gasteiger partial charge >= 0.3 is 0 Å². The third-order valence-corrected chi connectivity index (χ3v) is 5.60. The zero-order chi connectivity index (χ0) is 19.4. The van der Waals surface area contributed by atoms with Gasteiger partial charge in [-0.2, -0.15) is 0 Å². The van der Waals surface area contributed by atoms with E-state index >= 15 is 0 Å². The molecule has 27 heavy (non-hydrogen) atoms. The van der Waals surface area contributed by atoms with E-state index in [-0.39, 0.29) is 18.1 Å². The third-order valence-electron chi connectivity index (χ3n) is 4.78. The number of rotatable bonds is 5. The molecule has 1 aromatic heterocycles. The predicted molar refractivity (Wildman–Crippen MR) is 109 cm³/mol. The summed E-state index contributed by atoms with van der Waals surface area (Å²) in [6, 6.07) is 8.82. The lowest BCUT2D eigenvalue weighted by molar-refractivity contribution is -0.121. The predicted octanol–water partition coefficient (Wildman–Crippen LogP) is 4.57. The summed E-state index contributed by atoms with van der Waals surface area (Å²) in [5, 5.41) is 3.65. The van der Waals surface area contributed by atoms with E-state index in [9.17, 15) is 4.79 Å². The summed E-state index contributed by atoms with van der Waals surface area (Å²) in [6.45, 7) is 5.47. The summed E-state index contributed by atoms with van der Waals surface area (Å²) in [6.07, 6.45) is 3.63. The largest absolute Gasteiger partial charge is 0.474 e. The molecule has 1 aliphatic rings. The Bertz CT molecular complexity index is 790. The van der Waals surface area contributed by atoms with Crippen LogP contribution in [0.1, 0.15) is 25.3 Å². The molecule has 0 bridgehead atoms. The van der Waals surface area contributed by atoms with Gasteiger partial charge in [0, 0.05) is 25.4 Å². The van der Waals surface area contributed by atoms with Crippen LogP contribution in [-0.2, 0) is 4.79 Å². The topological polar surface area (TPSA) is 54.5 Å². The van der Waals surface area contributed by atoms with E-state index in [1.54, 1.807) is 24.4 Å². The second-order valence-electron chi connectivity index (χ2n) is 6.79. The van der Waals surface area contributed by atoms with E-state index in [1.165, 1.54) is 0 Å². The SMILES string of the molecule is Cc1ccc(OC2CCN([C@H](C)C(=O)Nc3cccc(Cl)c3Cl)CC2)nc1. The van der Waals surface area contributed by atoms with Gasteiger partial charge in [0.05, 0.1) is 21.8 Å². The summed E-state index contributed by atoms with van der Waals surface area (Å²) in [5.41, 5.74) is 1.64. The second kappa shape index (κ2) is 8.91. The van der Waals surface area contributed by atoms with Crippen molar-refractivity contribution in [2.75, 3.05) is 18.4 Å². The number of ether oxygens (including phenoxy) is 1. The quantitative estimate of drug-likeness (QED) is 0.788. The molecule has 2 aromatic rings. The lowest BCUT2D eigenvalue weighted by atomic mass is 10.1. The first-order valence-corrected chi connectivity index (χ1v) is 9.78. The lowest BCUT2D eigenvalue weighted by Crippen LogP contribution is -2.47. The van der Waals surface area contributed by atoms with Crippen molar-refractivity contribution in [1.29, 1.82) is 0 Å². The number of halogens is 2.